The van der Waals surface area contributed by atoms with Gasteiger partial charge in [-0.05, 0) is 24.0 Å². The van der Waals surface area contributed by atoms with Gasteiger partial charge in [0.15, 0.2) is 22.3 Å². The number of sulfonamides is 1. The lowest BCUT2D eigenvalue weighted by Gasteiger charge is -2.24. The van der Waals surface area contributed by atoms with Crippen molar-refractivity contribution in [1.82, 2.24) is 0 Å². The van der Waals surface area contributed by atoms with Crippen LogP contribution in [0.1, 0.15) is 35.6 Å². The van der Waals surface area contributed by atoms with Crippen LogP contribution in [0.5, 0.6) is 0 Å². The quantitative estimate of drug-likeness (QED) is 0.396. The van der Waals surface area contributed by atoms with Crippen molar-refractivity contribution < 1.29 is 31.5 Å². The van der Waals surface area contributed by atoms with Gasteiger partial charge in [-0.15, -0.1) is 0 Å². The molecule has 0 heterocycles. The van der Waals surface area contributed by atoms with Crippen LogP contribution in [0.3, 0.4) is 0 Å². The smallest absolute Gasteiger partial charge is 0.303 e. The van der Waals surface area contributed by atoms with Crippen molar-refractivity contribution in [3.63, 3.8) is 0 Å². The van der Waals surface area contributed by atoms with Crippen molar-refractivity contribution in [2.75, 3.05) is 5.32 Å². The van der Waals surface area contributed by atoms with Crippen molar-refractivity contribution in [2.24, 2.45) is 5.14 Å². The van der Waals surface area contributed by atoms with E-state index in [0.29, 0.717) is 11.1 Å². The van der Waals surface area contributed by atoms with Gasteiger partial charge in [0.25, 0.3) is 0 Å². The molecule has 3 aromatic carbocycles. The van der Waals surface area contributed by atoms with Crippen molar-refractivity contribution in [3.8, 4) is 0 Å². The van der Waals surface area contributed by atoms with Gasteiger partial charge < -0.3 is 10.4 Å². The van der Waals surface area contributed by atoms with Gasteiger partial charge in [-0.1, -0.05) is 60.7 Å². The van der Waals surface area contributed by atoms with Crippen molar-refractivity contribution in [2.45, 2.75) is 30.2 Å². The Morgan fingerprint density at radius 3 is 1.88 bits per heavy atom. The van der Waals surface area contributed by atoms with Crippen LogP contribution in [0.15, 0.2) is 65.6 Å². The third-order valence-electron chi connectivity index (χ3n) is 5.03. The third kappa shape index (κ3) is 5.52. The average molecular weight is 478 g/mol. The third-order valence-corrected chi connectivity index (χ3v) is 5.96. The molecule has 174 valence electrons. The normalized spacial score (nSPS) is 11.5. The van der Waals surface area contributed by atoms with Crippen LogP contribution >= 0.6 is 0 Å². The number of carboxylic acids is 1. The molecule has 0 unspecified atom stereocenters. The van der Waals surface area contributed by atoms with E-state index in [4.69, 9.17) is 10.2 Å². The van der Waals surface area contributed by atoms with E-state index in [0.717, 1.165) is 0 Å². The molecule has 0 fully saturated rings. The Balaban J connectivity index is 2.21. The number of carboxylic acid groups (broad SMARTS) is 1. The zero-order valence-corrected chi connectivity index (χ0v) is 18.1. The topological polar surface area (TPSA) is 109 Å². The molecule has 0 bridgehead atoms. The van der Waals surface area contributed by atoms with Gasteiger partial charge >= 0.3 is 5.97 Å². The number of halogens is 3. The molecule has 3 rings (SSSR count). The molecule has 0 saturated heterocycles. The maximum Gasteiger partial charge on any atom is 0.303 e. The minimum absolute atomic E-state index is 0.129. The molecule has 4 N–H and O–H groups in total. The highest BCUT2D eigenvalue weighted by Crippen LogP contribution is 2.36. The van der Waals surface area contributed by atoms with Gasteiger partial charge in [-0.2, -0.15) is 0 Å². The maximum absolute atomic E-state index is 15.4. The van der Waals surface area contributed by atoms with E-state index in [1.165, 1.54) is 0 Å². The SMILES string of the molecule is NS(=O)(=O)c1c(F)c(F)c(CCCC(=O)O)c(NC(c2ccccc2)c2ccccc2)c1F. The highest BCUT2D eigenvalue weighted by molar-refractivity contribution is 7.89. The van der Waals surface area contributed by atoms with E-state index in [2.05, 4.69) is 5.32 Å². The molecule has 0 radical (unpaired) electrons. The predicted molar refractivity (Wildman–Crippen MR) is 117 cm³/mol. The summed E-state index contributed by atoms with van der Waals surface area (Å²) in [5.74, 6) is -6.29. The molecule has 10 heteroatoms. The second-order valence-corrected chi connectivity index (χ2v) is 8.81. The lowest BCUT2D eigenvalue weighted by molar-refractivity contribution is -0.137. The molecule has 3 aromatic rings. The Morgan fingerprint density at radius 2 is 1.42 bits per heavy atom. The molecule has 0 aromatic heterocycles. The van der Waals surface area contributed by atoms with Gasteiger partial charge in [-0.25, -0.2) is 26.7 Å². The van der Waals surface area contributed by atoms with E-state index in [1.54, 1.807) is 60.7 Å². The van der Waals surface area contributed by atoms with Crippen LogP contribution in [-0.4, -0.2) is 19.5 Å². The lowest BCUT2D eigenvalue weighted by Crippen LogP contribution is -2.22. The minimum Gasteiger partial charge on any atom is -0.481 e. The van der Waals surface area contributed by atoms with E-state index in [-0.39, 0.29) is 19.3 Å². The summed E-state index contributed by atoms with van der Waals surface area (Å²) < 4.78 is 68.6. The first-order valence-electron chi connectivity index (χ1n) is 9.91. The fourth-order valence-corrected chi connectivity index (χ4v) is 4.22. The van der Waals surface area contributed by atoms with Crippen LogP contribution in [0.25, 0.3) is 0 Å². The number of nitrogens with two attached hydrogens (primary N) is 1. The predicted octanol–water partition coefficient (Wildman–Crippen LogP) is 4.36. The molecule has 0 amide bonds. The fraction of sp³-hybridized carbons (Fsp3) is 0.174. The fourth-order valence-electron chi connectivity index (χ4n) is 3.53. The number of hydrogen-bond acceptors (Lipinski definition) is 4. The molecule has 0 aliphatic heterocycles. The minimum atomic E-state index is -4.95. The Morgan fingerprint density at radius 1 is 0.909 bits per heavy atom. The summed E-state index contributed by atoms with van der Waals surface area (Å²) in [4.78, 5) is 9.28. The number of hydrogen-bond donors (Lipinski definition) is 3. The molecule has 6 nitrogen and oxygen atoms in total. The molecule has 0 spiro atoms. The Bertz CT molecular complexity index is 1210. The van der Waals surface area contributed by atoms with Crippen molar-refractivity contribution >= 4 is 21.7 Å². The monoisotopic (exact) mass is 478 g/mol. The zero-order chi connectivity index (χ0) is 24.2. The first kappa shape index (κ1) is 24.3. The highest BCUT2D eigenvalue weighted by atomic mass is 32.2. The number of anilines is 1. The number of benzene rings is 3. The van der Waals surface area contributed by atoms with Gasteiger partial charge in [0.05, 0.1) is 11.7 Å². The molecular weight excluding hydrogens is 457 g/mol. The summed E-state index contributed by atoms with van der Waals surface area (Å²) in [6.45, 7) is 0. The van der Waals surface area contributed by atoms with Crippen molar-refractivity contribution in [1.29, 1.82) is 0 Å². The number of carbonyl (C=O) groups is 1. The summed E-state index contributed by atoms with van der Waals surface area (Å²) >= 11 is 0. The highest BCUT2D eigenvalue weighted by Gasteiger charge is 2.32. The van der Waals surface area contributed by atoms with Crippen LogP contribution in [0.4, 0.5) is 18.9 Å². The standard InChI is InChI=1S/C23H21F3N2O4S/c24-18-16(12-7-13-17(29)30)22(20(26)23(19(18)25)33(27,31)32)28-21(14-8-3-1-4-9-14)15-10-5-2-6-11-15/h1-6,8-11,21,28H,7,12-13H2,(H,29,30)(H2,27,31,32). The Kier molecular flexibility index (Phi) is 7.39. The van der Waals surface area contributed by atoms with Crippen LogP contribution in [-0.2, 0) is 21.2 Å². The maximum atomic E-state index is 15.4. The molecule has 0 saturated carbocycles. The summed E-state index contributed by atoms with van der Waals surface area (Å²) in [7, 11) is -4.95. The number of nitrogens with one attached hydrogen (secondary N) is 1. The Labute approximate surface area is 188 Å². The average Bonchev–Trinajstić information content (AvgIpc) is 2.77. The van der Waals surface area contributed by atoms with Crippen molar-refractivity contribution in [3.05, 3.63) is 94.8 Å². The first-order valence-corrected chi connectivity index (χ1v) is 11.5. The largest absolute Gasteiger partial charge is 0.481 e. The summed E-state index contributed by atoms with van der Waals surface area (Å²) in [5, 5.41) is 16.7. The second-order valence-electron chi connectivity index (χ2n) is 7.32. The number of aliphatic carboxylic acids is 1. The molecule has 0 atom stereocenters. The van der Waals surface area contributed by atoms with E-state index >= 15 is 4.39 Å². The van der Waals surface area contributed by atoms with Crippen LogP contribution in [0.2, 0.25) is 0 Å². The van der Waals surface area contributed by atoms with E-state index in [9.17, 15) is 22.0 Å². The summed E-state index contributed by atoms with van der Waals surface area (Å²) in [6, 6.07) is 16.6. The first-order chi connectivity index (χ1) is 15.6. The molecule has 0 aliphatic carbocycles. The van der Waals surface area contributed by atoms with Crippen LogP contribution in [0, 0.1) is 17.5 Å². The summed E-state index contributed by atoms with van der Waals surface area (Å²) in [5.41, 5.74) is 0.180. The van der Waals surface area contributed by atoms with E-state index in [1.807, 2.05) is 0 Å². The summed E-state index contributed by atoms with van der Waals surface area (Å²) in [6.07, 6.45) is -0.856. The molecular formula is C23H21F3N2O4S. The molecule has 33 heavy (non-hydrogen) atoms. The number of rotatable bonds is 9. The van der Waals surface area contributed by atoms with Gasteiger partial charge in [0.1, 0.15) is 0 Å². The van der Waals surface area contributed by atoms with Gasteiger partial charge in [-0.3, -0.25) is 4.79 Å². The van der Waals surface area contributed by atoms with E-state index < -0.39 is 55.6 Å². The lowest BCUT2D eigenvalue weighted by atomic mass is 9.97. The zero-order valence-electron chi connectivity index (χ0n) is 17.3. The molecule has 0 aliphatic rings. The van der Waals surface area contributed by atoms with Gasteiger partial charge in [0, 0.05) is 12.0 Å². The van der Waals surface area contributed by atoms with Gasteiger partial charge in [0.2, 0.25) is 10.0 Å². The van der Waals surface area contributed by atoms with Crippen LogP contribution < -0.4 is 10.5 Å². The second kappa shape index (κ2) is 10.1. The number of primary sulfonamides is 1. The Hall–Kier alpha value is -3.37.